The number of hydrogen-bond acceptors (Lipinski definition) is 4. The number of fused-ring (bicyclic) bond motifs is 1. The molecule has 0 saturated carbocycles. The minimum atomic E-state index is -0.330. The van der Waals surface area contributed by atoms with Crippen molar-refractivity contribution in [1.29, 1.82) is 0 Å². The number of benzene rings is 2. The number of aryl methyl sites for hydroxylation is 2. The normalized spacial score (nSPS) is 11.0. The SMILES string of the molecule is Cc1cccc(NC(=O)Nc2cccc(CNC(=O)c3cc4cnn(C(C)C)c4nc3C)c2)c1. The van der Waals surface area contributed by atoms with Crippen LogP contribution in [-0.2, 0) is 6.54 Å². The number of amides is 3. The molecule has 3 N–H and O–H groups in total. The van der Waals surface area contributed by atoms with Gasteiger partial charge in [0.25, 0.3) is 5.91 Å². The average Bonchev–Trinajstić information content (AvgIpc) is 3.20. The fraction of sp³-hybridized carbons (Fsp3) is 0.231. The Kier molecular flexibility index (Phi) is 6.58. The first kappa shape index (κ1) is 23.0. The first-order valence-corrected chi connectivity index (χ1v) is 11.2. The maximum absolute atomic E-state index is 12.9. The first-order valence-electron chi connectivity index (χ1n) is 11.2. The van der Waals surface area contributed by atoms with Crippen molar-refractivity contribution in [2.75, 3.05) is 10.6 Å². The van der Waals surface area contributed by atoms with Crippen molar-refractivity contribution in [3.8, 4) is 0 Å². The number of carbonyl (C=O) groups is 2. The van der Waals surface area contributed by atoms with E-state index in [2.05, 4.69) is 26.0 Å². The molecule has 2 heterocycles. The van der Waals surface area contributed by atoms with Gasteiger partial charge in [0.2, 0.25) is 0 Å². The molecular weight excluding hydrogens is 428 g/mol. The molecular formula is C26H28N6O2. The molecule has 0 saturated heterocycles. The van der Waals surface area contributed by atoms with Crippen molar-refractivity contribution in [2.24, 2.45) is 0 Å². The van der Waals surface area contributed by atoms with Crippen LogP contribution in [-0.4, -0.2) is 26.7 Å². The molecule has 4 aromatic rings. The first-order chi connectivity index (χ1) is 16.3. The number of urea groups is 1. The summed E-state index contributed by atoms with van der Waals surface area (Å²) >= 11 is 0. The predicted molar refractivity (Wildman–Crippen MR) is 134 cm³/mol. The van der Waals surface area contributed by atoms with E-state index >= 15 is 0 Å². The molecule has 0 bridgehead atoms. The zero-order chi connectivity index (χ0) is 24.2. The van der Waals surface area contributed by atoms with Crippen LogP contribution in [0, 0.1) is 13.8 Å². The smallest absolute Gasteiger partial charge is 0.323 e. The Morgan fingerprint density at radius 1 is 0.971 bits per heavy atom. The maximum atomic E-state index is 12.9. The summed E-state index contributed by atoms with van der Waals surface area (Å²) in [6.07, 6.45) is 1.73. The van der Waals surface area contributed by atoms with Crippen molar-refractivity contribution in [2.45, 2.75) is 40.3 Å². The second-order valence-electron chi connectivity index (χ2n) is 8.55. The van der Waals surface area contributed by atoms with Gasteiger partial charge in [0.1, 0.15) is 0 Å². The van der Waals surface area contributed by atoms with Gasteiger partial charge in [-0.05, 0) is 69.2 Å². The molecule has 34 heavy (non-hydrogen) atoms. The minimum absolute atomic E-state index is 0.184. The third kappa shape index (κ3) is 5.23. The van der Waals surface area contributed by atoms with Crippen LogP contribution < -0.4 is 16.0 Å². The highest BCUT2D eigenvalue weighted by molar-refractivity contribution is 6.00. The monoisotopic (exact) mass is 456 g/mol. The fourth-order valence-electron chi connectivity index (χ4n) is 3.73. The molecule has 3 amide bonds. The third-order valence-electron chi connectivity index (χ3n) is 5.41. The third-order valence-corrected chi connectivity index (χ3v) is 5.41. The van der Waals surface area contributed by atoms with Crippen LogP contribution in [0.5, 0.6) is 0 Å². The van der Waals surface area contributed by atoms with E-state index in [1.807, 2.05) is 80.9 Å². The molecule has 0 unspecified atom stereocenters. The summed E-state index contributed by atoms with van der Waals surface area (Å²) in [6.45, 7) is 8.19. The van der Waals surface area contributed by atoms with Crippen molar-refractivity contribution in [1.82, 2.24) is 20.1 Å². The molecule has 8 nitrogen and oxygen atoms in total. The molecule has 8 heteroatoms. The number of pyridine rings is 1. The lowest BCUT2D eigenvalue weighted by Gasteiger charge is -2.11. The fourth-order valence-corrected chi connectivity index (χ4v) is 3.73. The zero-order valence-electron chi connectivity index (χ0n) is 19.7. The Bertz CT molecular complexity index is 1360. The highest BCUT2D eigenvalue weighted by Gasteiger charge is 2.15. The molecule has 0 aliphatic carbocycles. The molecule has 0 radical (unpaired) electrons. The standard InChI is InChI=1S/C26H28N6O2/c1-16(2)32-24-20(15-28-32)13-23(18(4)29-24)25(33)27-14-19-8-6-10-22(12-19)31-26(34)30-21-9-5-7-17(3)11-21/h5-13,15-16H,14H2,1-4H3,(H,27,33)(H2,30,31,34). The van der Waals surface area contributed by atoms with Gasteiger partial charge in [-0.3, -0.25) is 4.79 Å². The lowest BCUT2D eigenvalue weighted by atomic mass is 10.1. The second-order valence-corrected chi connectivity index (χ2v) is 8.55. The Morgan fingerprint density at radius 2 is 1.68 bits per heavy atom. The lowest BCUT2D eigenvalue weighted by molar-refractivity contribution is 0.0950. The van der Waals surface area contributed by atoms with E-state index in [1.54, 1.807) is 12.3 Å². The number of nitrogens with one attached hydrogen (secondary N) is 3. The van der Waals surface area contributed by atoms with Gasteiger partial charge in [-0.1, -0.05) is 24.3 Å². The van der Waals surface area contributed by atoms with E-state index in [-0.39, 0.29) is 18.0 Å². The van der Waals surface area contributed by atoms with Crippen molar-refractivity contribution >= 4 is 34.3 Å². The maximum Gasteiger partial charge on any atom is 0.323 e. The molecule has 2 aromatic heterocycles. The summed E-state index contributed by atoms with van der Waals surface area (Å²) in [4.78, 5) is 29.8. The van der Waals surface area contributed by atoms with E-state index in [9.17, 15) is 9.59 Å². The molecule has 174 valence electrons. The van der Waals surface area contributed by atoms with Gasteiger partial charge in [-0.25, -0.2) is 14.5 Å². The highest BCUT2D eigenvalue weighted by Crippen LogP contribution is 2.20. The van der Waals surface area contributed by atoms with Crippen LogP contribution in [0.25, 0.3) is 11.0 Å². The number of aromatic nitrogens is 3. The van der Waals surface area contributed by atoms with E-state index < -0.39 is 0 Å². The van der Waals surface area contributed by atoms with Crippen LogP contribution in [0.1, 0.15) is 47.1 Å². The number of anilines is 2. The van der Waals surface area contributed by atoms with Gasteiger partial charge >= 0.3 is 6.03 Å². The van der Waals surface area contributed by atoms with E-state index in [1.165, 1.54) is 0 Å². The van der Waals surface area contributed by atoms with Crippen LogP contribution in [0.15, 0.2) is 60.8 Å². The molecule has 4 rings (SSSR count). The number of carbonyl (C=O) groups excluding carboxylic acids is 2. The van der Waals surface area contributed by atoms with Gasteiger partial charge in [0.05, 0.1) is 17.5 Å². The van der Waals surface area contributed by atoms with Gasteiger partial charge in [0, 0.05) is 29.3 Å². The summed E-state index contributed by atoms with van der Waals surface area (Å²) in [5.74, 6) is -0.209. The molecule has 0 spiro atoms. The van der Waals surface area contributed by atoms with Crippen LogP contribution in [0.2, 0.25) is 0 Å². The average molecular weight is 457 g/mol. The van der Waals surface area contributed by atoms with Gasteiger partial charge in [-0.2, -0.15) is 5.10 Å². The van der Waals surface area contributed by atoms with Crippen LogP contribution >= 0.6 is 0 Å². The summed E-state index contributed by atoms with van der Waals surface area (Å²) in [5, 5.41) is 13.8. The van der Waals surface area contributed by atoms with E-state index in [4.69, 9.17) is 0 Å². The zero-order valence-corrected chi connectivity index (χ0v) is 19.7. The Morgan fingerprint density at radius 3 is 2.38 bits per heavy atom. The van der Waals surface area contributed by atoms with E-state index in [0.29, 0.717) is 23.5 Å². The molecule has 0 aliphatic heterocycles. The van der Waals surface area contributed by atoms with Crippen LogP contribution in [0.4, 0.5) is 16.2 Å². The lowest BCUT2D eigenvalue weighted by Crippen LogP contribution is -2.24. The second kappa shape index (κ2) is 9.74. The Labute approximate surface area is 198 Å². The van der Waals surface area contributed by atoms with Crippen molar-refractivity contribution in [3.63, 3.8) is 0 Å². The molecule has 0 fully saturated rings. The summed E-state index contributed by atoms with van der Waals surface area (Å²) in [7, 11) is 0. The quantitative estimate of drug-likeness (QED) is 0.371. The van der Waals surface area contributed by atoms with Gasteiger partial charge in [0.15, 0.2) is 5.65 Å². The summed E-state index contributed by atoms with van der Waals surface area (Å²) < 4.78 is 1.84. The Balaban J connectivity index is 1.40. The number of nitrogens with zero attached hydrogens (tertiary/aromatic N) is 3. The summed E-state index contributed by atoms with van der Waals surface area (Å²) in [6, 6.07) is 16.6. The predicted octanol–water partition coefficient (Wildman–Crippen LogP) is 5.20. The summed E-state index contributed by atoms with van der Waals surface area (Å²) in [5.41, 5.74) is 5.22. The molecule has 0 aliphatic rings. The van der Waals surface area contributed by atoms with Gasteiger partial charge < -0.3 is 16.0 Å². The Hall–Kier alpha value is -4.20. The molecule has 0 atom stereocenters. The number of hydrogen-bond donors (Lipinski definition) is 3. The topological polar surface area (TPSA) is 101 Å². The minimum Gasteiger partial charge on any atom is -0.348 e. The van der Waals surface area contributed by atoms with Crippen molar-refractivity contribution in [3.05, 3.63) is 83.2 Å². The largest absolute Gasteiger partial charge is 0.348 e. The highest BCUT2D eigenvalue weighted by atomic mass is 16.2. The van der Waals surface area contributed by atoms with Gasteiger partial charge in [-0.15, -0.1) is 0 Å². The van der Waals surface area contributed by atoms with E-state index in [0.717, 1.165) is 27.8 Å². The number of rotatable bonds is 6. The van der Waals surface area contributed by atoms with Crippen LogP contribution in [0.3, 0.4) is 0 Å². The van der Waals surface area contributed by atoms with Crippen molar-refractivity contribution < 1.29 is 9.59 Å². The molecule has 2 aromatic carbocycles.